The van der Waals surface area contributed by atoms with Gasteiger partial charge < -0.3 is 9.84 Å². The van der Waals surface area contributed by atoms with E-state index < -0.39 is 5.97 Å². The fourth-order valence-corrected chi connectivity index (χ4v) is 3.24. The van der Waals surface area contributed by atoms with E-state index in [1.54, 1.807) is 12.1 Å². The number of hydrogen-bond acceptors (Lipinski definition) is 3. The summed E-state index contributed by atoms with van der Waals surface area (Å²) in [6.07, 6.45) is 2.19. The van der Waals surface area contributed by atoms with Crippen molar-refractivity contribution in [3.8, 4) is 5.75 Å². The summed E-state index contributed by atoms with van der Waals surface area (Å²) < 4.78 is 18.7. The van der Waals surface area contributed by atoms with Crippen LogP contribution in [0.25, 0.3) is 0 Å². The van der Waals surface area contributed by atoms with Crippen LogP contribution in [-0.4, -0.2) is 42.2 Å². The standard InChI is InChI=1S/C21H24FNO3/c22-19-5-1-16(2-6-19)15-17-3-7-20(8-4-17)26-14-13-23-11-9-18(10-12-23)21(24)25/h1-8,18H,9-15H2,(H,24,25). The van der Waals surface area contributed by atoms with Crippen molar-refractivity contribution in [2.24, 2.45) is 5.92 Å². The van der Waals surface area contributed by atoms with Gasteiger partial charge in [0.1, 0.15) is 18.2 Å². The van der Waals surface area contributed by atoms with E-state index in [2.05, 4.69) is 4.90 Å². The minimum absolute atomic E-state index is 0.194. The zero-order chi connectivity index (χ0) is 18.4. The second kappa shape index (κ2) is 8.81. The molecule has 1 aliphatic rings. The molecule has 138 valence electrons. The Labute approximate surface area is 153 Å². The molecule has 26 heavy (non-hydrogen) atoms. The molecule has 1 fully saturated rings. The molecular formula is C21H24FNO3. The van der Waals surface area contributed by atoms with Crippen LogP contribution in [-0.2, 0) is 11.2 Å². The van der Waals surface area contributed by atoms with Gasteiger partial charge in [-0.05, 0) is 67.7 Å². The van der Waals surface area contributed by atoms with Gasteiger partial charge in [-0.25, -0.2) is 4.39 Å². The lowest BCUT2D eigenvalue weighted by molar-refractivity contribution is -0.143. The Morgan fingerprint density at radius 1 is 1.04 bits per heavy atom. The number of carboxylic acid groups (broad SMARTS) is 1. The first kappa shape index (κ1) is 18.4. The number of aliphatic carboxylic acids is 1. The van der Waals surface area contributed by atoms with Crippen LogP contribution in [0.1, 0.15) is 24.0 Å². The molecule has 0 saturated carbocycles. The molecule has 0 unspecified atom stereocenters. The van der Waals surface area contributed by atoms with Crippen LogP contribution in [0.2, 0.25) is 0 Å². The number of benzene rings is 2. The van der Waals surface area contributed by atoms with Crippen molar-refractivity contribution in [2.75, 3.05) is 26.2 Å². The fraction of sp³-hybridized carbons (Fsp3) is 0.381. The molecule has 0 aliphatic carbocycles. The Morgan fingerprint density at radius 3 is 2.19 bits per heavy atom. The molecule has 1 saturated heterocycles. The molecular weight excluding hydrogens is 333 g/mol. The molecule has 0 radical (unpaired) electrons. The molecule has 0 bridgehead atoms. The molecule has 2 aromatic rings. The molecule has 2 aromatic carbocycles. The van der Waals surface area contributed by atoms with Gasteiger partial charge in [0.25, 0.3) is 0 Å². The highest BCUT2D eigenvalue weighted by molar-refractivity contribution is 5.70. The maximum absolute atomic E-state index is 12.9. The average Bonchev–Trinajstić information content (AvgIpc) is 2.65. The quantitative estimate of drug-likeness (QED) is 0.823. The van der Waals surface area contributed by atoms with Crippen molar-refractivity contribution in [1.82, 2.24) is 4.90 Å². The Hall–Kier alpha value is -2.40. The molecule has 5 heteroatoms. The molecule has 0 spiro atoms. The maximum Gasteiger partial charge on any atom is 0.306 e. The lowest BCUT2D eigenvalue weighted by Crippen LogP contribution is -2.38. The first-order valence-corrected chi connectivity index (χ1v) is 9.01. The van der Waals surface area contributed by atoms with Gasteiger partial charge >= 0.3 is 5.97 Å². The van der Waals surface area contributed by atoms with Crippen LogP contribution in [0.3, 0.4) is 0 Å². The highest BCUT2D eigenvalue weighted by Crippen LogP contribution is 2.18. The summed E-state index contributed by atoms with van der Waals surface area (Å²) >= 11 is 0. The normalized spacial score (nSPS) is 15.7. The van der Waals surface area contributed by atoms with Gasteiger partial charge in [0.2, 0.25) is 0 Å². The summed E-state index contributed by atoms with van der Waals surface area (Å²) in [6.45, 7) is 3.03. The predicted molar refractivity (Wildman–Crippen MR) is 97.9 cm³/mol. The zero-order valence-corrected chi connectivity index (χ0v) is 14.7. The highest BCUT2D eigenvalue weighted by atomic mass is 19.1. The van der Waals surface area contributed by atoms with E-state index in [-0.39, 0.29) is 11.7 Å². The Balaban J connectivity index is 1.40. The van der Waals surface area contributed by atoms with Crippen LogP contribution in [0.15, 0.2) is 48.5 Å². The predicted octanol–water partition coefficient (Wildman–Crippen LogP) is 3.59. The number of carbonyl (C=O) groups is 1. The molecule has 0 aromatic heterocycles. The summed E-state index contributed by atoms with van der Waals surface area (Å²) in [5, 5.41) is 9.02. The minimum atomic E-state index is -0.679. The van der Waals surface area contributed by atoms with Crippen molar-refractivity contribution < 1.29 is 19.0 Å². The van der Waals surface area contributed by atoms with Gasteiger partial charge in [0, 0.05) is 6.54 Å². The van der Waals surface area contributed by atoms with Crippen molar-refractivity contribution in [1.29, 1.82) is 0 Å². The van der Waals surface area contributed by atoms with E-state index in [0.717, 1.165) is 42.9 Å². The molecule has 1 heterocycles. The number of likely N-dealkylation sites (tertiary alicyclic amines) is 1. The monoisotopic (exact) mass is 357 g/mol. The third kappa shape index (κ3) is 5.30. The lowest BCUT2D eigenvalue weighted by Gasteiger charge is -2.29. The molecule has 4 nitrogen and oxygen atoms in total. The number of rotatable bonds is 7. The van der Waals surface area contributed by atoms with E-state index in [1.165, 1.54) is 12.1 Å². The molecule has 0 amide bonds. The minimum Gasteiger partial charge on any atom is -0.492 e. The number of hydrogen-bond donors (Lipinski definition) is 1. The van der Waals surface area contributed by atoms with Crippen molar-refractivity contribution >= 4 is 5.97 Å². The third-order valence-corrected chi connectivity index (χ3v) is 4.86. The maximum atomic E-state index is 12.9. The first-order chi connectivity index (χ1) is 12.6. The topological polar surface area (TPSA) is 49.8 Å². The van der Waals surface area contributed by atoms with Crippen LogP contribution < -0.4 is 4.74 Å². The third-order valence-electron chi connectivity index (χ3n) is 4.86. The number of ether oxygens (including phenoxy) is 1. The van der Waals surface area contributed by atoms with Gasteiger partial charge in [-0.2, -0.15) is 0 Å². The zero-order valence-electron chi connectivity index (χ0n) is 14.7. The molecule has 3 rings (SSSR count). The number of halogens is 1. The van der Waals surface area contributed by atoms with E-state index in [1.807, 2.05) is 24.3 Å². The number of nitrogens with zero attached hydrogens (tertiary/aromatic N) is 1. The SMILES string of the molecule is O=C(O)C1CCN(CCOc2ccc(Cc3ccc(F)cc3)cc2)CC1. The van der Waals surface area contributed by atoms with Crippen LogP contribution in [0.5, 0.6) is 5.75 Å². The Morgan fingerprint density at radius 2 is 1.62 bits per heavy atom. The van der Waals surface area contributed by atoms with Crippen molar-refractivity contribution in [3.63, 3.8) is 0 Å². The Bertz CT molecular complexity index is 707. The molecule has 0 atom stereocenters. The van der Waals surface area contributed by atoms with E-state index >= 15 is 0 Å². The molecule has 1 aliphatic heterocycles. The second-order valence-corrected chi connectivity index (χ2v) is 6.75. The van der Waals surface area contributed by atoms with Gasteiger partial charge in [-0.3, -0.25) is 9.69 Å². The van der Waals surface area contributed by atoms with Crippen molar-refractivity contribution in [2.45, 2.75) is 19.3 Å². The van der Waals surface area contributed by atoms with Crippen LogP contribution in [0, 0.1) is 11.7 Å². The molecule has 1 N–H and O–H groups in total. The van der Waals surface area contributed by atoms with E-state index in [9.17, 15) is 9.18 Å². The fourth-order valence-electron chi connectivity index (χ4n) is 3.24. The van der Waals surface area contributed by atoms with E-state index in [4.69, 9.17) is 9.84 Å². The lowest BCUT2D eigenvalue weighted by atomic mass is 9.97. The average molecular weight is 357 g/mol. The first-order valence-electron chi connectivity index (χ1n) is 9.01. The van der Waals surface area contributed by atoms with Crippen molar-refractivity contribution in [3.05, 3.63) is 65.5 Å². The highest BCUT2D eigenvalue weighted by Gasteiger charge is 2.24. The van der Waals surface area contributed by atoms with Gasteiger partial charge in [0.05, 0.1) is 5.92 Å². The summed E-state index contributed by atoms with van der Waals surface area (Å²) in [7, 11) is 0. The summed E-state index contributed by atoms with van der Waals surface area (Å²) in [5.41, 5.74) is 2.23. The van der Waals surface area contributed by atoms with E-state index in [0.29, 0.717) is 19.4 Å². The van der Waals surface area contributed by atoms with Crippen LogP contribution >= 0.6 is 0 Å². The number of piperidine rings is 1. The smallest absolute Gasteiger partial charge is 0.306 e. The second-order valence-electron chi connectivity index (χ2n) is 6.75. The number of carboxylic acids is 1. The van der Waals surface area contributed by atoms with Gasteiger partial charge in [0.15, 0.2) is 0 Å². The van der Waals surface area contributed by atoms with Gasteiger partial charge in [-0.1, -0.05) is 24.3 Å². The summed E-state index contributed by atoms with van der Waals surface area (Å²) in [6, 6.07) is 14.5. The van der Waals surface area contributed by atoms with Gasteiger partial charge in [-0.15, -0.1) is 0 Å². The van der Waals surface area contributed by atoms with Crippen LogP contribution in [0.4, 0.5) is 4.39 Å². The Kier molecular flexibility index (Phi) is 6.23. The largest absolute Gasteiger partial charge is 0.492 e. The summed E-state index contributed by atoms with van der Waals surface area (Å²) in [4.78, 5) is 13.2. The summed E-state index contributed by atoms with van der Waals surface area (Å²) in [5.74, 6) is -0.264.